The van der Waals surface area contributed by atoms with Crippen LogP contribution in [0, 0.1) is 12.7 Å². The molecule has 0 radical (unpaired) electrons. The van der Waals surface area contributed by atoms with Crippen LogP contribution in [0.2, 0.25) is 0 Å². The molecule has 0 aliphatic heterocycles. The lowest BCUT2D eigenvalue weighted by Crippen LogP contribution is -2.26. The number of aromatic nitrogens is 2. The summed E-state index contributed by atoms with van der Waals surface area (Å²) in [6.45, 7) is 7.12. The third-order valence-electron chi connectivity index (χ3n) is 4.35. The van der Waals surface area contributed by atoms with E-state index in [4.69, 9.17) is 4.74 Å². The minimum absolute atomic E-state index is 0.121. The number of carbonyl (C=O) groups excluding carboxylic acids is 1. The number of aryl methyl sites for hydroxylation is 1. The van der Waals surface area contributed by atoms with Crippen LogP contribution in [0.15, 0.2) is 41.9 Å². The predicted octanol–water partition coefficient (Wildman–Crippen LogP) is 4.48. The normalized spacial score (nSPS) is 12.0. The number of rotatable bonds is 7. The Bertz CT molecular complexity index is 918. The summed E-state index contributed by atoms with van der Waals surface area (Å²) in [5.41, 5.74) is 2.98. The summed E-state index contributed by atoms with van der Waals surface area (Å²) in [5.74, 6) is 0.167. The highest BCUT2D eigenvalue weighted by molar-refractivity contribution is 7.12. The quantitative estimate of drug-likeness (QED) is 0.650. The second kappa shape index (κ2) is 8.35. The van der Waals surface area contributed by atoms with Gasteiger partial charge in [0.25, 0.3) is 5.91 Å². The maximum Gasteiger partial charge on any atom is 0.261 e. The number of ether oxygens (including phenoxy) is 1. The van der Waals surface area contributed by atoms with Crippen LogP contribution >= 0.6 is 11.3 Å². The zero-order valence-corrected chi connectivity index (χ0v) is 16.3. The molecule has 2 heterocycles. The van der Waals surface area contributed by atoms with Gasteiger partial charge in [-0.1, -0.05) is 0 Å². The number of nitrogens with zero attached hydrogens (tertiary/aromatic N) is 2. The molecular weight excluding hydrogens is 365 g/mol. The van der Waals surface area contributed by atoms with Crippen LogP contribution < -0.4 is 10.1 Å². The van der Waals surface area contributed by atoms with Gasteiger partial charge in [0.05, 0.1) is 17.1 Å². The van der Waals surface area contributed by atoms with E-state index in [9.17, 15) is 9.18 Å². The Morgan fingerprint density at radius 1 is 1.37 bits per heavy atom. The fourth-order valence-corrected chi connectivity index (χ4v) is 3.62. The molecule has 1 amide bonds. The molecule has 0 spiro atoms. The molecule has 0 fully saturated rings. The first-order valence-corrected chi connectivity index (χ1v) is 9.64. The lowest BCUT2D eigenvalue weighted by atomic mass is 10.1. The molecule has 1 atom stereocenters. The highest BCUT2D eigenvalue weighted by Gasteiger charge is 2.17. The number of nitrogens with one attached hydrogen (secondary N) is 1. The molecule has 142 valence electrons. The van der Waals surface area contributed by atoms with Gasteiger partial charge in [0.1, 0.15) is 18.2 Å². The Hall–Kier alpha value is -2.67. The molecule has 5 nitrogen and oxygen atoms in total. The van der Waals surface area contributed by atoms with Crippen LogP contribution in [0.5, 0.6) is 5.75 Å². The molecule has 0 aliphatic carbocycles. The first-order valence-electron chi connectivity index (χ1n) is 8.77. The van der Waals surface area contributed by atoms with Crippen LogP contribution in [0.3, 0.4) is 0 Å². The largest absolute Gasteiger partial charge is 0.489 e. The van der Waals surface area contributed by atoms with Gasteiger partial charge >= 0.3 is 0 Å². The van der Waals surface area contributed by atoms with Crippen molar-refractivity contribution < 1.29 is 13.9 Å². The number of carbonyl (C=O) groups is 1. The van der Waals surface area contributed by atoms with Crippen molar-refractivity contribution in [1.29, 1.82) is 0 Å². The minimum Gasteiger partial charge on any atom is -0.489 e. The first kappa shape index (κ1) is 19.1. The lowest BCUT2D eigenvalue weighted by Gasteiger charge is -2.13. The monoisotopic (exact) mass is 387 g/mol. The van der Waals surface area contributed by atoms with E-state index in [0.29, 0.717) is 17.2 Å². The summed E-state index contributed by atoms with van der Waals surface area (Å²) >= 11 is 1.37. The molecular formula is C20H22FN3O2S. The number of benzene rings is 1. The second-order valence-corrected chi connectivity index (χ2v) is 7.17. The highest BCUT2D eigenvalue weighted by Crippen LogP contribution is 2.21. The predicted molar refractivity (Wildman–Crippen MR) is 104 cm³/mol. The van der Waals surface area contributed by atoms with Gasteiger partial charge in [0, 0.05) is 23.4 Å². The van der Waals surface area contributed by atoms with Gasteiger partial charge in [-0.3, -0.25) is 9.48 Å². The third-order valence-corrected chi connectivity index (χ3v) is 5.33. The van der Waals surface area contributed by atoms with Crippen LogP contribution in [0.1, 0.15) is 46.4 Å². The number of hydrogen-bond donors (Lipinski definition) is 1. The van der Waals surface area contributed by atoms with E-state index in [1.165, 1.54) is 23.5 Å². The third kappa shape index (κ3) is 4.54. The van der Waals surface area contributed by atoms with E-state index in [0.717, 1.165) is 23.4 Å². The van der Waals surface area contributed by atoms with Crippen molar-refractivity contribution in [2.24, 2.45) is 0 Å². The maximum atomic E-state index is 12.9. The lowest BCUT2D eigenvalue weighted by molar-refractivity contribution is 0.0944. The SMILES string of the molecule is CCn1ncc(C(C)NC(=O)c2cc(COc3ccc(F)cc3)cs2)c1C. The highest BCUT2D eigenvalue weighted by atomic mass is 32.1. The van der Waals surface area contributed by atoms with Gasteiger partial charge in [0.15, 0.2) is 0 Å². The Kier molecular flexibility index (Phi) is 5.91. The molecule has 0 aliphatic rings. The van der Waals surface area contributed by atoms with Crippen LogP contribution in [-0.4, -0.2) is 15.7 Å². The van der Waals surface area contributed by atoms with Gasteiger partial charge in [-0.25, -0.2) is 4.39 Å². The standard InChI is InChI=1S/C20H22FN3O2S/c1-4-24-14(3)18(10-22-24)13(2)23-20(25)19-9-15(12-27-19)11-26-17-7-5-16(21)6-8-17/h5-10,12-13H,4,11H2,1-3H3,(H,23,25). The van der Waals surface area contributed by atoms with E-state index in [2.05, 4.69) is 10.4 Å². The van der Waals surface area contributed by atoms with E-state index in [-0.39, 0.29) is 17.8 Å². The smallest absolute Gasteiger partial charge is 0.261 e. The summed E-state index contributed by atoms with van der Waals surface area (Å²) in [6.07, 6.45) is 1.81. The molecule has 3 aromatic rings. The van der Waals surface area contributed by atoms with E-state index in [1.807, 2.05) is 36.9 Å². The van der Waals surface area contributed by atoms with Crippen molar-refractivity contribution in [3.05, 3.63) is 69.4 Å². The fourth-order valence-electron chi connectivity index (χ4n) is 2.82. The molecule has 1 aromatic carbocycles. The van der Waals surface area contributed by atoms with Crippen LogP contribution in [0.4, 0.5) is 4.39 Å². The molecule has 3 rings (SSSR count). The molecule has 1 N–H and O–H groups in total. The minimum atomic E-state index is -0.300. The second-order valence-electron chi connectivity index (χ2n) is 6.26. The average molecular weight is 387 g/mol. The number of halogens is 1. The van der Waals surface area contributed by atoms with E-state index in [1.54, 1.807) is 18.3 Å². The molecule has 0 saturated heterocycles. The Balaban J connectivity index is 1.59. The zero-order chi connectivity index (χ0) is 19.4. The Morgan fingerprint density at radius 2 is 2.11 bits per heavy atom. The molecule has 2 aromatic heterocycles. The molecule has 1 unspecified atom stereocenters. The topological polar surface area (TPSA) is 56.2 Å². The van der Waals surface area contributed by atoms with Crippen molar-refractivity contribution in [1.82, 2.24) is 15.1 Å². The Labute approximate surface area is 161 Å². The van der Waals surface area contributed by atoms with Crippen LogP contribution in [0.25, 0.3) is 0 Å². The average Bonchev–Trinajstić information content (AvgIpc) is 3.27. The number of thiophene rings is 1. The van der Waals surface area contributed by atoms with Crippen molar-refractivity contribution in [2.45, 2.75) is 40.0 Å². The number of amides is 1. The van der Waals surface area contributed by atoms with Gasteiger partial charge in [-0.15, -0.1) is 11.3 Å². The summed E-state index contributed by atoms with van der Waals surface area (Å²) < 4.78 is 20.4. The van der Waals surface area contributed by atoms with Gasteiger partial charge in [-0.05, 0) is 56.5 Å². The Morgan fingerprint density at radius 3 is 2.78 bits per heavy atom. The zero-order valence-electron chi connectivity index (χ0n) is 15.5. The number of hydrogen-bond acceptors (Lipinski definition) is 4. The summed E-state index contributed by atoms with van der Waals surface area (Å²) in [7, 11) is 0. The molecule has 0 bridgehead atoms. The van der Waals surface area contributed by atoms with E-state index < -0.39 is 0 Å². The van der Waals surface area contributed by atoms with Gasteiger partial charge in [-0.2, -0.15) is 5.10 Å². The summed E-state index contributed by atoms with van der Waals surface area (Å²) in [5, 5.41) is 9.24. The maximum absolute atomic E-state index is 12.9. The fraction of sp³-hybridized carbons (Fsp3) is 0.300. The molecule has 0 saturated carbocycles. The molecule has 27 heavy (non-hydrogen) atoms. The van der Waals surface area contributed by atoms with Crippen molar-refractivity contribution >= 4 is 17.2 Å². The first-order chi connectivity index (χ1) is 13.0. The van der Waals surface area contributed by atoms with E-state index >= 15 is 0 Å². The van der Waals surface area contributed by atoms with Crippen molar-refractivity contribution in [3.63, 3.8) is 0 Å². The van der Waals surface area contributed by atoms with Gasteiger partial charge < -0.3 is 10.1 Å². The van der Waals surface area contributed by atoms with Crippen molar-refractivity contribution in [2.75, 3.05) is 0 Å². The molecule has 7 heteroatoms. The summed E-state index contributed by atoms with van der Waals surface area (Å²) in [6, 6.07) is 7.56. The van der Waals surface area contributed by atoms with Crippen molar-refractivity contribution in [3.8, 4) is 5.75 Å². The van der Waals surface area contributed by atoms with Gasteiger partial charge in [0.2, 0.25) is 0 Å². The summed E-state index contributed by atoms with van der Waals surface area (Å²) in [4.78, 5) is 13.2. The van der Waals surface area contributed by atoms with Crippen LogP contribution in [-0.2, 0) is 13.2 Å².